The molecule has 0 spiro atoms. The van der Waals surface area contributed by atoms with Gasteiger partial charge >= 0.3 is 5.97 Å². The third-order valence-corrected chi connectivity index (χ3v) is 2.92. The van der Waals surface area contributed by atoms with E-state index >= 15 is 0 Å². The second-order valence-corrected chi connectivity index (χ2v) is 4.50. The maximum atomic E-state index is 12.4. The van der Waals surface area contributed by atoms with Crippen LogP contribution < -0.4 is 4.74 Å². The van der Waals surface area contributed by atoms with Crippen molar-refractivity contribution < 1.29 is 19.1 Å². The number of esters is 1. The van der Waals surface area contributed by atoms with Gasteiger partial charge in [-0.05, 0) is 18.6 Å². The first-order valence-corrected chi connectivity index (χ1v) is 6.75. The number of ether oxygens (including phenoxy) is 2. The molecule has 0 atom stereocenters. The average Bonchev–Trinajstić information content (AvgIpc) is 2.52. The molecule has 0 aliphatic heterocycles. The Kier molecular flexibility index (Phi) is 7.01. The first-order valence-electron chi connectivity index (χ1n) is 6.75. The summed E-state index contributed by atoms with van der Waals surface area (Å²) in [5.41, 5.74) is 0.500. The van der Waals surface area contributed by atoms with Gasteiger partial charge in [0, 0.05) is 20.0 Å². The molecule has 5 heteroatoms. The Morgan fingerprint density at radius 2 is 2.05 bits per heavy atom. The van der Waals surface area contributed by atoms with Crippen LogP contribution in [0.5, 0.6) is 5.75 Å². The van der Waals surface area contributed by atoms with E-state index in [0.29, 0.717) is 37.3 Å². The van der Waals surface area contributed by atoms with Crippen molar-refractivity contribution in [2.24, 2.45) is 0 Å². The summed E-state index contributed by atoms with van der Waals surface area (Å²) in [6, 6.07) is 7.07. The molecule has 0 radical (unpaired) electrons. The molecule has 1 aromatic rings. The predicted octanol–water partition coefficient (Wildman–Crippen LogP) is 2.28. The van der Waals surface area contributed by atoms with Crippen molar-refractivity contribution in [3.05, 3.63) is 42.5 Å². The highest BCUT2D eigenvalue weighted by atomic mass is 16.5. The van der Waals surface area contributed by atoms with Crippen LogP contribution in [-0.4, -0.2) is 44.1 Å². The van der Waals surface area contributed by atoms with E-state index in [1.807, 2.05) is 6.07 Å². The molecule has 0 saturated heterocycles. The van der Waals surface area contributed by atoms with E-state index in [0.717, 1.165) is 0 Å². The lowest BCUT2D eigenvalue weighted by Gasteiger charge is -2.18. The monoisotopic (exact) mass is 291 g/mol. The van der Waals surface area contributed by atoms with Gasteiger partial charge in [0.1, 0.15) is 12.4 Å². The Morgan fingerprint density at radius 3 is 2.71 bits per heavy atom. The summed E-state index contributed by atoms with van der Waals surface area (Å²) in [5.74, 6) is 0.118. The van der Waals surface area contributed by atoms with Crippen LogP contribution in [0, 0.1) is 0 Å². The summed E-state index contributed by atoms with van der Waals surface area (Å²) >= 11 is 0. The summed E-state index contributed by atoms with van der Waals surface area (Å²) in [4.78, 5) is 25.0. The van der Waals surface area contributed by atoms with Gasteiger partial charge in [0.25, 0.3) is 5.91 Å². The molecule has 0 aliphatic carbocycles. The molecule has 0 unspecified atom stereocenters. The zero-order valence-corrected chi connectivity index (χ0v) is 12.5. The highest BCUT2D eigenvalue weighted by Crippen LogP contribution is 2.19. The lowest BCUT2D eigenvalue weighted by molar-refractivity contribution is -0.140. The molecule has 1 aromatic carbocycles. The minimum atomic E-state index is -0.273. The zero-order chi connectivity index (χ0) is 15.7. The first kappa shape index (κ1) is 16.8. The first-order chi connectivity index (χ1) is 10.1. The van der Waals surface area contributed by atoms with Gasteiger partial charge in [0.2, 0.25) is 0 Å². The van der Waals surface area contributed by atoms with E-state index < -0.39 is 0 Å². The van der Waals surface area contributed by atoms with Crippen molar-refractivity contribution in [3.63, 3.8) is 0 Å². The third-order valence-electron chi connectivity index (χ3n) is 2.92. The molecule has 0 bridgehead atoms. The molecule has 1 rings (SSSR count). The average molecular weight is 291 g/mol. The fourth-order valence-corrected chi connectivity index (χ4v) is 1.79. The summed E-state index contributed by atoms with van der Waals surface area (Å²) < 4.78 is 10.0. The van der Waals surface area contributed by atoms with E-state index in [2.05, 4.69) is 11.3 Å². The highest BCUT2D eigenvalue weighted by molar-refractivity contribution is 5.96. The van der Waals surface area contributed by atoms with Gasteiger partial charge in [-0.2, -0.15) is 0 Å². The second kappa shape index (κ2) is 8.79. The molecule has 0 heterocycles. The van der Waals surface area contributed by atoms with Crippen LogP contribution in [0.1, 0.15) is 23.2 Å². The molecular weight excluding hydrogens is 270 g/mol. The molecular formula is C16H21NO4. The Labute approximate surface area is 125 Å². The van der Waals surface area contributed by atoms with Crippen LogP contribution in [0.2, 0.25) is 0 Å². The maximum absolute atomic E-state index is 12.4. The smallest absolute Gasteiger partial charge is 0.305 e. The normalized spacial score (nSPS) is 9.81. The van der Waals surface area contributed by atoms with Crippen molar-refractivity contribution in [1.82, 2.24) is 4.90 Å². The van der Waals surface area contributed by atoms with Crippen LogP contribution >= 0.6 is 0 Å². The Bertz CT molecular complexity index is 499. The number of hydrogen-bond acceptors (Lipinski definition) is 4. The van der Waals surface area contributed by atoms with Gasteiger partial charge in [-0.1, -0.05) is 24.8 Å². The number of benzene rings is 1. The van der Waals surface area contributed by atoms with Crippen molar-refractivity contribution in [2.75, 3.05) is 27.3 Å². The lowest BCUT2D eigenvalue weighted by Crippen LogP contribution is -2.28. The third kappa shape index (κ3) is 5.30. The van der Waals surface area contributed by atoms with E-state index in [1.54, 1.807) is 36.2 Å². The molecule has 0 saturated carbocycles. The molecule has 114 valence electrons. The summed E-state index contributed by atoms with van der Waals surface area (Å²) in [7, 11) is 3.05. The number of hydrogen-bond donors (Lipinski definition) is 0. The van der Waals surface area contributed by atoms with Gasteiger partial charge in [0.15, 0.2) is 0 Å². The fraction of sp³-hybridized carbons (Fsp3) is 0.375. The van der Waals surface area contributed by atoms with Crippen LogP contribution in [0.3, 0.4) is 0 Å². The molecule has 1 amide bonds. The molecule has 0 aromatic heterocycles. The quantitative estimate of drug-likeness (QED) is 0.544. The van der Waals surface area contributed by atoms with Gasteiger partial charge in [-0.15, -0.1) is 0 Å². The molecule has 0 fully saturated rings. The fourth-order valence-electron chi connectivity index (χ4n) is 1.79. The Balaban J connectivity index is 2.65. The van der Waals surface area contributed by atoms with Crippen LogP contribution in [0.25, 0.3) is 0 Å². The van der Waals surface area contributed by atoms with Crippen LogP contribution in [-0.2, 0) is 9.53 Å². The number of carbonyl (C=O) groups is 2. The van der Waals surface area contributed by atoms with E-state index in [4.69, 9.17) is 4.74 Å². The minimum absolute atomic E-state index is 0.139. The second-order valence-electron chi connectivity index (χ2n) is 4.50. The molecule has 0 aliphatic rings. The molecule has 21 heavy (non-hydrogen) atoms. The van der Waals surface area contributed by atoms with Gasteiger partial charge in [0.05, 0.1) is 12.7 Å². The van der Waals surface area contributed by atoms with E-state index in [1.165, 1.54) is 7.11 Å². The van der Waals surface area contributed by atoms with Crippen molar-refractivity contribution in [3.8, 4) is 5.75 Å². The Morgan fingerprint density at radius 1 is 1.33 bits per heavy atom. The van der Waals surface area contributed by atoms with Crippen molar-refractivity contribution in [2.45, 2.75) is 12.8 Å². The molecule has 5 nitrogen and oxygen atoms in total. The maximum Gasteiger partial charge on any atom is 0.305 e. The van der Waals surface area contributed by atoms with Gasteiger partial charge < -0.3 is 14.4 Å². The number of rotatable bonds is 8. The number of methoxy groups -OCH3 is 1. The van der Waals surface area contributed by atoms with Gasteiger partial charge in [-0.25, -0.2) is 0 Å². The van der Waals surface area contributed by atoms with Crippen molar-refractivity contribution >= 4 is 11.9 Å². The van der Waals surface area contributed by atoms with Gasteiger partial charge in [-0.3, -0.25) is 9.59 Å². The number of nitrogens with zero attached hydrogens (tertiary/aromatic N) is 1. The predicted molar refractivity (Wildman–Crippen MR) is 80.3 cm³/mol. The molecule has 0 N–H and O–H groups in total. The standard InChI is InChI=1S/C16H21NO4/c1-4-12-21-14-9-6-5-8-13(14)16(19)17(2)11-7-10-15(18)20-3/h4-6,8-9H,1,7,10-12H2,2-3H3. The minimum Gasteiger partial charge on any atom is -0.489 e. The Hall–Kier alpha value is -2.30. The van der Waals surface area contributed by atoms with Crippen LogP contribution in [0.4, 0.5) is 0 Å². The zero-order valence-electron chi connectivity index (χ0n) is 12.5. The van der Waals surface area contributed by atoms with E-state index in [-0.39, 0.29) is 11.9 Å². The topological polar surface area (TPSA) is 55.8 Å². The van der Waals surface area contributed by atoms with Crippen LogP contribution in [0.15, 0.2) is 36.9 Å². The number of amides is 1. The summed E-state index contributed by atoms with van der Waals surface area (Å²) in [6.07, 6.45) is 2.48. The van der Waals surface area contributed by atoms with E-state index in [9.17, 15) is 9.59 Å². The number of para-hydroxylation sites is 1. The lowest BCUT2D eigenvalue weighted by atomic mass is 10.1. The van der Waals surface area contributed by atoms with Crippen molar-refractivity contribution in [1.29, 1.82) is 0 Å². The summed E-state index contributed by atoms with van der Waals surface area (Å²) in [6.45, 7) is 4.41. The largest absolute Gasteiger partial charge is 0.489 e. The number of carbonyl (C=O) groups excluding carboxylic acids is 2. The highest BCUT2D eigenvalue weighted by Gasteiger charge is 2.16. The SMILES string of the molecule is C=CCOc1ccccc1C(=O)N(C)CCCC(=O)OC. The summed E-state index contributed by atoms with van der Waals surface area (Å²) in [5, 5.41) is 0.